The molecule has 0 nitrogen and oxygen atoms in total. The van der Waals surface area contributed by atoms with Crippen molar-refractivity contribution in [3.05, 3.63) is 76.4 Å². The summed E-state index contributed by atoms with van der Waals surface area (Å²) >= 11 is 5.52. The average molecular weight is 308 g/mol. The lowest BCUT2D eigenvalue weighted by Crippen LogP contribution is -1.98. The van der Waals surface area contributed by atoms with Crippen LogP contribution in [0.1, 0.15) is 48.6 Å². The second-order valence-corrected chi connectivity index (χ2v) is 5.88. The third kappa shape index (κ3) is 3.92. The highest BCUT2D eigenvalue weighted by Crippen LogP contribution is 2.21. The molecule has 0 saturated heterocycles. The maximum absolute atomic E-state index is 5.52. The highest BCUT2D eigenvalue weighted by atomic mass is 32.1. The summed E-state index contributed by atoms with van der Waals surface area (Å²) in [6, 6.07) is 14.9. The lowest BCUT2D eigenvalue weighted by molar-refractivity contribution is 1.01. The van der Waals surface area contributed by atoms with Crippen LogP contribution in [0.3, 0.4) is 0 Å². The Bertz CT molecular complexity index is 666. The molecule has 0 aliphatic rings. The van der Waals surface area contributed by atoms with Crippen molar-refractivity contribution < 1.29 is 0 Å². The van der Waals surface area contributed by atoms with Gasteiger partial charge in [0.25, 0.3) is 0 Å². The van der Waals surface area contributed by atoms with Gasteiger partial charge >= 0.3 is 0 Å². The SMILES string of the molecule is CCc1cc(CC)c(CC)cc1C=CC(=S)c1ccccc1. The van der Waals surface area contributed by atoms with Crippen molar-refractivity contribution in [1.29, 1.82) is 0 Å². The van der Waals surface area contributed by atoms with E-state index in [0.717, 1.165) is 29.7 Å². The summed E-state index contributed by atoms with van der Waals surface area (Å²) in [6.45, 7) is 6.67. The molecule has 0 aliphatic heterocycles. The van der Waals surface area contributed by atoms with Crippen LogP contribution >= 0.6 is 12.2 Å². The monoisotopic (exact) mass is 308 g/mol. The van der Waals surface area contributed by atoms with E-state index in [1.165, 1.54) is 22.3 Å². The number of thiocarbonyl (C=S) groups is 1. The molecule has 114 valence electrons. The van der Waals surface area contributed by atoms with Gasteiger partial charge in [0.2, 0.25) is 0 Å². The van der Waals surface area contributed by atoms with E-state index >= 15 is 0 Å². The molecule has 0 aliphatic carbocycles. The first-order valence-electron chi connectivity index (χ1n) is 8.11. The fourth-order valence-corrected chi connectivity index (χ4v) is 2.95. The number of aryl methyl sites for hydroxylation is 3. The maximum Gasteiger partial charge on any atom is 0.0449 e. The van der Waals surface area contributed by atoms with Crippen molar-refractivity contribution in [2.75, 3.05) is 0 Å². The summed E-state index contributed by atoms with van der Waals surface area (Å²) in [5.74, 6) is 0. The molecule has 0 N–H and O–H groups in total. The van der Waals surface area contributed by atoms with Crippen LogP contribution in [0.4, 0.5) is 0 Å². The van der Waals surface area contributed by atoms with Crippen molar-refractivity contribution in [2.24, 2.45) is 0 Å². The van der Waals surface area contributed by atoms with Gasteiger partial charge in [0, 0.05) is 4.86 Å². The average Bonchev–Trinajstić information content (AvgIpc) is 2.59. The van der Waals surface area contributed by atoms with Crippen LogP contribution in [0.2, 0.25) is 0 Å². The molecule has 0 radical (unpaired) electrons. The molecule has 0 aromatic heterocycles. The molecule has 22 heavy (non-hydrogen) atoms. The normalized spacial score (nSPS) is 11.0. The number of hydrogen-bond donors (Lipinski definition) is 0. The minimum atomic E-state index is 0.889. The summed E-state index contributed by atoms with van der Waals surface area (Å²) in [5.41, 5.74) is 6.73. The summed E-state index contributed by atoms with van der Waals surface area (Å²) in [6.07, 6.45) is 7.46. The molecular formula is C21H24S. The first-order valence-corrected chi connectivity index (χ1v) is 8.52. The van der Waals surface area contributed by atoms with Gasteiger partial charge in [-0.2, -0.15) is 0 Å². The van der Waals surface area contributed by atoms with Crippen LogP contribution in [0.5, 0.6) is 0 Å². The van der Waals surface area contributed by atoms with Crippen LogP contribution in [-0.2, 0) is 19.3 Å². The van der Waals surface area contributed by atoms with Gasteiger partial charge < -0.3 is 0 Å². The van der Waals surface area contributed by atoms with Gasteiger partial charge in [-0.25, -0.2) is 0 Å². The fraction of sp³-hybridized carbons (Fsp3) is 0.286. The third-order valence-electron chi connectivity index (χ3n) is 4.08. The lowest BCUT2D eigenvalue weighted by atomic mass is 9.94. The first-order chi connectivity index (χ1) is 10.7. The summed E-state index contributed by atoms with van der Waals surface area (Å²) in [7, 11) is 0. The highest BCUT2D eigenvalue weighted by molar-refractivity contribution is 7.81. The lowest BCUT2D eigenvalue weighted by Gasteiger charge is -2.12. The Hall–Kier alpha value is -1.73. The molecular weight excluding hydrogens is 284 g/mol. The van der Waals surface area contributed by atoms with E-state index in [4.69, 9.17) is 12.2 Å². The van der Waals surface area contributed by atoms with Gasteiger partial charge in [0.1, 0.15) is 0 Å². The first kappa shape index (κ1) is 16.6. The molecule has 0 unspecified atom stereocenters. The number of benzene rings is 2. The fourth-order valence-electron chi connectivity index (χ4n) is 2.74. The maximum atomic E-state index is 5.52. The Morgan fingerprint density at radius 3 is 2.05 bits per heavy atom. The van der Waals surface area contributed by atoms with Crippen LogP contribution in [0.25, 0.3) is 6.08 Å². The predicted octanol–water partition coefficient (Wildman–Crippen LogP) is 5.81. The molecule has 2 rings (SSSR count). The Morgan fingerprint density at radius 2 is 1.45 bits per heavy atom. The second-order valence-electron chi connectivity index (χ2n) is 5.44. The summed E-state index contributed by atoms with van der Waals surface area (Å²) in [5, 5.41) is 0. The van der Waals surface area contributed by atoms with Crippen LogP contribution in [-0.4, -0.2) is 4.86 Å². The molecule has 0 amide bonds. The van der Waals surface area contributed by atoms with Gasteiger partial charge in [-0.1, -0.05) is 81.5 Å². The van der Waals surface area contributed by atoms with Crippen molar-refractivity contribution in [3.63, 3.8) is 0 Å². The minimum absolute atomic E-state index is 0.889. The van der Waals surface area contributed by atoms with E-state index in [0.29, 0.717) is 0 Å². The van der Waals surface area contributed by atoms with Gasteiger partial charge in [-0.05, 0) is 53.2 Å². The van der Waals surface area contributed by atoms with Crippen LogP contribution in [0.15, 0.2) is 48.5 Å². The van der Waals surface area contributed by atoms with Gasteiger partial charge in [-0.15, -0.1) is 0 Å². The third-order valence-corrected chi connectivity index (χ3v) is 4.45. The van der Waals surface area contributed by atoms with Crippen molar-refractivity contribution in [3.8, 4) is 0 Å². The standard InChI is InChI=1S/C21H24S/c1-4-16-14-18(6-3)20(15-17(16)5-2)12-13-21(22)19-10-8-7-9-11-19/h7-15H,4-6H2,1-3H3. The Balaban J connectivity index is 2.32. The van der Waals surface area contributed by atoms with Crippen LogP contribution < -0.4 is 0 Å². The molecule has 2 aromatic rings. The Morgan fingerprint density at radius 1 is 0.864 bits per heavy atom. The quantitative estimate of drug-likeness (QED) is 0.369. The summed E-state index contributed by atoms with van der Waals surface area (Å²) in [4.78, 5) is 0.889. The van der Waals surface area contributed by atoms with Crippen molar-refractivity contribution in [1.82, 2.24) is 0 Å². The zero-order valence-corrected chi connectivity index (χ0v) is 14.5. The second kappa shape index (κ2) is 8.05. The molecule has 2 aromatic carbocycles. The minimum Gasteiger partial charge on any atom is -0.0795 e. The van der Waals surface area contributed by atoms with Crippen molar-refractivity contribution >= 4 is 23.2 Å². The van der Waals surface area contributed by atoms with Crippen LogP contribution in [0, 0.1) is 0 Å². The van der Waals surface area contributed by atoms with Gasteiger partial charge in [0.05, 0.1) is 0 Å². The van der Waals surface area contributed by atoms with E-state index in [1.807, 2.05) is 18.2 Å². The van der Waals surface area contributed by atoms with E-state index in [1.54, 1.807) is 0 Å². The van der Waals surface area contributed by atoms with E-state index in [-0.39, 0.29) is 0 Å². The molecule has 0 heterocycles. The topological polar surface area (TPSA) is 0 Å². The molecule has 0 saturated carbocycles. The highest BCUT2D eigenvalue weighted by Gasteiger charge is 2.05. The number of allylic oxidation sites excluding steroid dienone is 1. The summed E-state index contributed by atoms with van der Waals surface area (Å²) < 4.78 is 0. The molecule has 0 bridgehead atoms. The smallest absolute Gasteiger partial charge is 0.0449 e. The van der Waals surface area contributed by atoms with E-state index < -0.39 is 0 Å². The largest absolute Gasteiger partial charge is 0.0795 e. The number of rotatable bonds is 6. The molecule has 0 atom stereocenters. The van der Waals surface area contributed by atoms with Crippen molar-refractivity contribution in [2.45, 2.75) is 40.0 Å². The molecule has 0 spiro atoms. The van der Waals surface area contributed by atoms with E-state index in [2.05, 4.69) is 57.2 Å². The van der Waals surface area contributed by atoms with E-state index in [9.17, 15) is 0 Å². The molecule has 0 fully saturated rings. The zero-order chi connectivity index (χ0) is 15.9. The number of hydrogen-bond acceptors (Lipinski definition) is 1. The van der Waals surface area contributed by atoms with Gasteiger partial charge in [0.15, 0.2) is 0 Å². The zero-order valence-electron chi connectivity index (χ0n) is 13.7. The Kier molecular flexibility index (Phi) is 6.09. The molecule has 1 heteroatoms. The Labute approximate surface area is 139 Å². The van der Waals surface area contributed by atoms with Gasteiger partial charge in [-0.3, -0.25) is 0 Å². The predicted molar refractivity (Wildman–Crippen MR) is 102 cm³/mol.